The minimum absolute atomic E-state index is 0.261. The molecule has 0 aliphatic heterocycles. The lowest BCUT2D eigenvalue weighted by molar-refractivity contribution is 0.355. The van der Waals surface area contributed by atoms with Crippen molar-refractivity contribution >= 4 is 28.7 Å². The van der Waals surface area contributed by atoms with Crippen LogP contribution < -0.4 is 20.1 Å². The quantitative estimate of drug-likeness (QED) is 0.579. The maximum Gasteiger partial charge on any atom is 0.175 e. The van der Waals surface area contributed by atoms with E-state index >= 15 is 0 Å². The van der Waals surface area contributed by atoms with Crippen LogP contribution >= 0.6 is 12.2 Å². The number of halogens is 1. The van der Waals surface area contributed by atoms with Crippen LogP contribution in [0.3, 0.4) is 0 Å². The minimum atomic E-state index is -0.261. The van der Waals surface area contributed by atoms with Gasteiger partial charge in [-0.1, -0.05) is 12.1 Å². The first-order valence-corrected chi connectivity index (χ1v) is 9.40. The Hall–Kier alpha value is -3.13. The summed E-state index contributed by atoms with van der Waals surface area (Å²) in [6, 6.07) is 12.0. The number of ether oxygens (including phenoxy) is 2. The Morgan fingerprint density at radius 3 is 2.52 bits per heavy atom. The Morgan fingerprint density at radius 2 is 1.83 bits per heavy atom. The van der Waals surface area contributed by atoms with E-state index in [4.69, 9.17) is 21.7 Å². The summed E-state index contributed by atoms with van der Waals surface area (Å²) < 4.78 is 25.8. The van der Waals surface area contributed by atoms with Gasteiger partial charge in [0.25, 0.3) is 0 Å². The van der Waals surface area contributed by atoms with Gasteiger partial charge in [-0.15, -0.1) is 0 Å². The summed E-state index contributed by atoms with van der Waals surface area (Å²) in [6.07, 6.45) is 0. The highest BCUT2D eigenvalue weighted by Crippen LogP contribution is 2.30. The number of rotatable bonds is 6. The zero-order valence-electron chi connectivity index (χ0n) is 16.7. The number of hydrogen-bond acceptors (Lipinski definition) is 4. The van der Waals surface area contributed by atoms with Crippen LogP contribution in [-0.4, -0.2) is 29.1 Å². The fourth-order valence-electron chi connectivity index (χ4n) is 3.03. The Morgan fingerprint density at radius 1 is 1.07 bits per heavy atom. The lowest BCUT2D eigenvalue weighted by Gasteiger charge is -2.13. The van der Waals surface area contributed by atoms with Gasteiger partial charge in [-0.05, 0) is 55.9 Å². The molecule has 0 amide bonds. The van der Waals surface area contributed by atoms with Crippen LogP contribution in [0.2, 0.25) is 0 Å². The normalized spacial score (nSPS) is 10.5. The fraction of sp³-hybridized carbons (Fsp3) is 0.238. The van der Waals surface area contributed by atoms with Crippen molar-refractivity contribution in [1.82, 2.24) is 9.78 Å². The third-order valence-electron chi connectivity index (χ3n) is 4.48. The van der Waals surface area contributed by atoms with Gasteiger partial charge in [0.15, 0.2) is 16.6 Å². The number of thiocarbonyl (C=S) groups is 1. The molecule has 0 atom stereocenters. The Bertz CT molecular complexity index is 1040. The third kappa shape index (κ3) is 4.83. The Balaban J connectivity index is 1.73. The van der Waals surface area contributed by atoms with Gasteiger partial charge in [0, 0.05) is 11.8 Å². The van der Waals surface area contributed by atoms with E-state index in [9.17, 15) is 4.39 Å². The molecule has 1 aromatic heterocycles. The number of methoxy groups -OCH3 is 2. The molecule has 0 spiro atoms. The van der Waals surface area contributed by atoms with Gasteiger partial charge in [-0.3, -0.25) is 4.68 Å². The first-order valence-electron chi connectivity index (χ1n) is 8.99. The van der Waals surface area contributed by atoms with Crippen molar-refractivity contribution < 1.29 is 13.9 Å². The fourth-order valence-corrected chi connectivity index (χ4v) is 3.25. The van der Waals surface area contributed by atoms with E-state index in [1.54, 1.807) is 32.4 Å². The molecule has 8 heteroatoms. The smallest absolute Gasteiger partial charge is 0.175 e. The molecular formula is C21H23FN4O2S. The first kappa shape index (κ1) is 20.6. The Kier molecular flexibility index (Phi) is 6.33. The van der Waals surface area contributed by atoms with Crippen LogP contribution in [0.25, 0.3) is 0 Å². The molecular weight excluding hydrogens is 391 g/mol. The number of benzene rings is 2. The second-order valence-corrected chi connectivity index (χ2v) is 6.89. The lowest BCUT2D eigenvalue weighted by atomic mass is 10.2. The maximum atomic E-state index is 13.5. The number of aromatic nitrogens is 2. The van der Waals surface area contributed by atoms with Gasteiger partial charge < -0.3 is 20.1 Å². The molecule has 29 heavy (non-hydrogen) atoms. The van der Waals surface area contributed by atoms with Crippen LogP contribution in [0.15, 0.2) is 42.5 Å². The van der Waals surface area contributed by atoms with Crippen LogP contribution in [-0.2, 0) is 6.54 Å². The van der Waals surface area contributed by atoms with E-state index in [1.807, 2.05) is 30.7 Å². The number of anilines is 2. The monoisotopic (exact) mass is 414 g/mol. The van der Waals surface area contributed by atoms with Crippen LogP contribution in [0, 0.1) is 19.7 Å². The van der Waals surface area contributed by atoms with Crippen molar-refractivity contribution in [3.8, 4) is 11.5 Å². The molecule has 0 radical (unpaired) electrons. The van der Waals surface area contributed by atoms with Crippen LogP contribution in [0.4, 0.5) is 15.8 Å². The molecule has 2 N–H and O–H groups in total. The molecule has 0 aliphatic carbocycles. The zero-order chi connectivity index (χ0) is 21.0. The van der Waals surface area contributed by atoms with Crippen molar-refractivity contribution in [2.75, 3.05) is 24.9 Å². The minimum Gasteiger partial charge on any atom is -0.493 e. The summed E-state index contributed by atoms with van der Waals surface area (Å²) >= 11 is 5.45. The van der Waals surface area contributed by atoms with Gasteiger partial charge >= 0.3 is 0 Å². The molecule has 0 aliphatic rings. The van der Waals surface area contributed by atoms with Gasteiger partial charge in [-0.25, -0.2) is 4.39 Å². The second-order valence-electron chi connectivity index (χ2n) is 6.48. The van der Waals surface area contributed by atoms with Gasteiger partial charge in [0.05, 0.1) is 37.8 Å². The molecule has 1 heterocycles. The van der Waals surface area contributed by atoms with Gasteiger partial charge in [-0.2, -0.15) is 5.10 Å². The SMILES string of the molecule is COc1ccc(NC(=S)Nc2c(C)nn(Cc3cccc(F)c3)c2C)cc1OC. The number of nitrogens with one attached hydrogen (secondary N) is 2. The summed E-state index contributed by atoms with van der Waals surface area (Å²) in [4.78, 5) is 0. The molecule has 0 saturated heterocycles. The molecule has 2 aromatic carbocycles. The predicted octanol–water partition coefficient (Wildman–Crippen LogP) is 4.51. The topological polar surface area (TPSA) is 60.3 Å². The highest BCUT2D eigenvalue weighted by atomic mass is 32.1. The first-order chi connectivity index (χ1) is 13.9. The van der Waals surface area contributed by atoms with Crippen molar-refractivity contribution in [2.45, 2.75) is 20.4 Å². The summed E-state index contributed by atoms with van der Waals surface area (Å²) in [6.45, 7) is 4.32. The van der Waals surface area contributed by atoms with Crippen molar-refractivity contribution in [2.24, 2.45) is 0 Å². The van der Waals surface area contributed by atoms with E-state index in [1.165, 1.54) is 12.1 Å². The van der Waals surface area contributed by atoms with E-state index in [2.05, 4.69) is 15.7 Å². The van der Waals surface area contributed by atoms with Crippen molar-refractivity contribution in [3.05, 3.63) is 65.2 Å². The Labute approximate surface area is 174 Å². The maximum absolute atomic E-state index is 13.5. The molecule has 152 valence electrons. The highest BCUT2D eigenvalue weighted by molar-refractivity contribution is 7.80. The summed E-state index contributed by atoms with van der Waals surface area (Å²) in [7, 11) is 3.17. The molecule has 3 aromatic rings. The average Bonchev–Trinajstić information content (AvgIpc) is 2.95. The standard InChI is InChI=1S/C21H23FN4O2S/c1-13-20(14(2)26(25-13)12-15-6-5-7-16(22)10-15)24-21(29)23-17-8-9-18(27-3)19(11-17)28-4/h5-11H,12H2,1-4H3,(H2,23,24,29). The van der Waals surface area contributed by atoms with Crippen LogP contribution in [0.5, 0.6) is 11.5 Å². The number of hydrogen-bond donors (Lipinski definition) is 2. The highest BCUT2D eigenvalue weighted by Gasteiger charge is 2.14. The molecule has 6 nitrogen and oxygen atoms in total. The molecule has 0 bridgehead atoms. The molecule has 0 saturated carbocycles. The van der Waals surface area contributed by atoms with Crippen LogP contribution in [0.1, 0.15) is 17.0 Å². The van der Waals surface area contributed by atoms with E-state index in [0.717, 1.165) is 28.3 Å². The average molecular weight is 415 g/mol. The van der Waals surface area contributed by atoms with Gasteiger partial charge in [0.2, 0.25) is 0 Å². The van der Waals surface area contributed by atoms with Crippen molar-refractivity contribution in [3.63, 3.8) is 0 Å². The largest absolute Gasteiger partial charge is 0.493 e. The van der Waals surface area contributed by atoms with E-state index in [0.29, 0.717) is 23.2 Å². The summed E-state index contributed by atoms with van der Waals surface area (Å²) in [5.41, 5.74) is 4.13. The molecule has 0 fully saturated rings. The molecule has 0 unspecified atom stereocenters. The number of aryl methyl sites for hydroxylation is 1. The van der Waals surface area contributed by atoms with E-state index < -0.39 is 0 Å². The zero-order valence-corrected chi connectivity index (χ0v) is 17.6. The third-order valence-corrected chi connectivity index (χ3v) is 4.69. The van der Waals surface area contributed by atoms with E-state index in [-0.39, 0.29) is 5.82 Å². The second kappa shape index (κ2) is 8.91. The predicted molar refractivity (Wildman–Crippen MR) is 117 cm³/mol. The lowest BCUT2D eigenvalue weighted by Crippen LogP contribution is -2.20. The summed E-state index contributed by atoms with van der Waals surface area (Å²) in [5, 5.41) is 11.3. The molecule has 3 rings (SSSR count). The number of nitrogens with zero attached hydrogens (tertiary/aromatic N) is 2. The van der Waals surface area contributed by atoms with Crippen molar-refractivity contribution in [1.29, 1.82) is 0 Å². The van der Waals surface area contributed by atoms with Gasteiger partial charge in [0.1, 0.15) is 5.82 Å². The summed E-state index contributed by atoms with van der Waals surface area (Å²) in [5.74, 6) is 0.987.